The third-order valence-electron chi connectivity index (χ3n) is 5.24. The molecule has 0 aliphatic carbocycles. The zero-order chi connectivity index (χ0) is 22.0. The highest BCUT2D eigenvalue weighted by Crippen LogP contribution is 2.38. The normalized spacial score (nSPS) is 15.4. The smallest absolute Gasteiger partial charge is 0.264 e. The van der Waals surface area contributed by atoms with Crippen molar-refractivity contribution in [2.45, 2.75) is 31.2 Å². The molecule has 31 heavy (non-hydrogen) atoms. The number of sulfonamides is 1. The summed E-state index contributed by atoms with van der Waals surface area (Å²) in [4.78, 5) is 12.8. The van der Waals surface area contributed by atoms with E-state index in [1.807, 2.05) is 44.2 Å². The fraction of sp³-hybridized carbons (Fsp3) is 0.208. The zero-order valence-corrected chi connectivity index (χ0v) is 18.2. The third-order valence-corrected chi connectivity index (χ3v) is 7.16. The lowest BCUT2D eigenvalue weighted by Crippen LogP contribution is -2.35. The number of hydrogen-bond acceptors (Lipinski definition) is 4. The summed E-state index contributed by atoms with van der Waals surface area (Å²) in [6.07, 6.45) is 0.657. The molecule has 4 rings (SSSR count). The molecule has 7 heteroatoms. The van der Waals surface area contributed by atoms with Gasteiger partial charge in [-0.2, -0.15) is 0 Å². The molecule has 1 N–H and O–H groups in total. The summed E-state index contributed by atoms with van der Waals surface area (Å²) in [5.41, 5.74) is 2.48. The van der Waals surface area contributed by atoms with Crippen LogP contribution in [-0.4, -0.2) is 27.0 Å². The zero-order valence-electron chi connectivity index (χ0n) is 17.4. The van der Waals surface area contributed by atoms with Crippen LogP contribution in [0.2, 0.25) is 0 Å². The molecule has 3 aromatic carbocycles. The Bertz CT molecular complexity index is 1210. The van der Waals surface area contributed by atoms with Gasteiger partial charge in [-0.15, -0.1) is 0 Å². The van der Waals surface area contributed by atoms with E-state index in [0.29, 0.717) is 35.7 Å². The predicted molar refractivity (Wildman–Crippen MR) is 121 cm³/mol. The highest BCUT2D eigenvalue weighted by molar-refractivity contribution is 7.92. The number of fused-ring (bicyclic) bond motifs is 1. The van der Waals surface area contributed by atoms with Gasteiger partial charge in [0.1, 0.15) is 5.75 Å². The fourth-order valence-electron chi connectivity index (χ4n) is 3.85. The first-order valence-corrected chi connectivity index (χ1v) is 11.6. The number of anilines is 2. The number of carbonyl (C=O) groups is 1. The molecule has 3 aromatic rings. The lowest BCUT2D eigenvalue weighted by Gasteiger charge is -2.25. The average molecular weight is 437 g/mol. The molecule has 0 bridgehead atoms. The number of amides is 1. The molecule has 1 aliphatic heterocycles. The molecule has 1 atom stereocenters. The Kier molecular flexibility index (Phi) is 5.69. The summed E-state index contributed by atoms with van der Waals surface area (Å²) in [7, 11) is -3.83. The van der Waals surface area contributed by atoms with Crippen molar-refractivity contribution < 1.29 is 17.9 Å². The molecule has 1 amide bonds. The monoisotopic (exact) mass is 436 g/mol. The van der Waals surface area contributed by atoms with Gasteiger partial charge < -0.3 is 10.1 Å². The summed E-state index contributed by atoms with van der Waals surface area (Å²) in [5.74, 6) is 0.0802. The highest BCUT2D eigenvalue weighted by atomic mass is 32.2. The van der Waals surface area contributed by atoms with E-state index >= 15 is 0 Å². The van der Waals surface area contributed by atoms with Gasteiger partial charge >= 0.3 is 0 Å². The molecule has 0 aromatic heterocycles. The molecule has 6 nitrogen and oxygen atoms in total. The van der Waals surface area contributed by atoms with E-state index < -0.39 is 10.0 Å². The average Bonchev–Trinajstić information content (AvgIpc) is 3.12. The maximum atomic E-state index is 13.6. The fourth-order valence-corrected chi connectivity index (χ4v) is 5.57. The number of carbonyl (C=O) groups excluding carboxylic acids is 1. The van der Waals surface area contributed by atoms with Gasteiger partial charge in [-0.05, 0) is 62.2 Å². The van der Waals surface area contributed by atoms with Gasteiger partial charge in [-0.1, -0.05) is 36.4 Å². The number of benzene rings is 3. The molecule has 0 saturated heterocycles. The van der Waals surface area contributed by atoms with Crippen molar-refractivity contribution in [3.8, 4) is 5.75 Å². The Labute approximate surface area is 182 Å². The first-order chi connectivity index (χ1) is 14.9. The number of ether oxygens (including phenoxy) is 1. The van der Waals surface area contributed by atoms with Gasteiger partial charge in [-0.3, -0.25) is 9.10 Å². The molecule has 160 valence electrons. The second-order valence-corrected chi connectivity index (χ2v) is 9.21. The van der Waals surface area contributed by atoms with E-state index in [-0.39, 0.29) is 16.8 Å². The maximum absolute atomic E-state index is 13.6. The first-order valence-electron chi connectivity index (χ1n) is 10.2. The molecule has 1 aliphatic rings. The lowest BCUT2D eigenvalue weighted by molar-refractivity contribution is 0.102. The SMILES string of the molecule is CCOc1ccc(S(=O)(=O)N2c3ccccc3C[C@H]2C)cc1NC(=O)c1ccccc1. The van der Waals surface area contributed by atoms with Crippen molar-refractivity contribution in [3.63, 3.8) is 0 Å². The van der Waals surface area contributed by atoms with Crippen LogP contribution in [0.1, 0.15) is 29.8 Å². The third kappa shape index (κ3) is 4.01. The topological polar surface area (TPSA) is 75.7 Å². The van der Waals surface area contributed by atoms with E-state index in [9.17, 15) is 13.2 Å². The summed E-state index contributed by atoms with van der Waals surface area (Å²) in [6.45, 7) is 4.11. The van der Waals surface area contributed by atoms with E-state index in [1.165, 1.54) is 16.4 Å². The Morgan fingerprint density at radius 2 is 1.77 bits per heavy atom. The van der Waals surface area contributed by atoms with Crippen LogP contribution in [0.3, 0.4) is 0 Å². The summed E-state index contributed by atoms with van der Waals surface area (Å²) < 4.78 is 34.2. The van der Waals surface area contributed by atoms with Gasteiger partial charge in [0, 0.05) is 11.6 Å². The van der Waals surface area contributed by atoms with E-state index in [1.54, 1.807) is 30.3 Å². The summed E-state index contributed by atoms with van der Waals surface area (Å²) in [6, 6.07) is 20.6. The molecule has 0 saturated carbocycles. The van der Waals surface area contributed by atoms with Gasteiger partial charge in [0.2, 0.25) is 0 Å². The number of rotatable bonds is 6. The van der Waals surface area contributed by atoms with Gasteiger partial charge in [-0.25, -0.2) is 8.42 Å². The standard InChI is InChI=1S/C24H24N2O4S/c1-3-30-23-14-13-20(16-21(23)25-24(27)18-9-5-4-6-10-18)31(28,29)26-17(2)15-19-11-7-8-12-22(19)26/h4-14,16-17H,3,15H2,1-2H3,(H,25,27)/t17-/m1/s1. The molecule has 1 heterocycles. The van der Waals surface area contributed by atoms with Crippen LogP contribution in [0.5, 0.6) is 5.75 Å². The van der Waals surface area contributed by atoms with Crippen molar-refractivity contribution in [1.82, 2.24) is 0 Å². The number of nitrogens with one attached hydrogen (secondary N) is 1. The van der Waals surface area contributed by atoms with Crippen LogP contribution in [-0.2, 0) is 16.4 Å². The van der Waals surface area contributed by atoms with Crippen LogP contribution >= 0.6 is 0 Å². The van der Waals surface area contributed by atoms with Crippen LogP contribution in [0.15, 0.2) is 77.7 Å². The first kappa shape index (κ1) is 20.9. The molecule has 0 fully saturated rings. The summed E-state index contributed by atoms with van der Waals surface area (Å²) >= 11 is 0. The number of para-hydroxylation sites is 1. The molecular formula is C24H24N2O4S. The molecule has 0 radical (unpaired) electrons. The Morgan fingerprint density at radius 3 is 2.52 bits per heavy atom. The van der Waals surface area contributed by atoms with Crippen molar-refractivity contribution >= 4 is 27.3 Å². The van der Waals surface area contributed by atoms with Crippen molar-refractivity contribution in [2.24, 2.45) is 0 Å². The van der Waals surface area contributed by atoms with Crippen LogP contribution in [0.4, 0.5) is 11.4 Å². The Balaban J connectivity index is 1.72. The van der Waals surface area contributed by atoms with Crippen molar-refractivity contribution in [3.05, 3.63) is 83.9 Å². The number of hydrogen-bond donors (Lipinski definition) is 1. The van der Waals surface area contributed by atoms with Crippen molar-refractivity contribution in [1.29, 1.82) is 0 Å². The van der Waals surface area contributed by atoms with Gasteiger partial charge in [0.25, 0.3) is 15.9 Å². The molecular weight excluding hydrogens is 412 g/mol. The Hall–Kier alpha value is -3.32. The van der Waals surface area contributed by atoms with Crippen LogP contribution in [0, 0.1) is 0 Å². The number of nitrogens with zero attached hydrogens (tertiary/aromatic N) is 1. The van der Waals surface area contributed by atoms with Crippen molar-refractivity contribution in [2.75, 3.05) is 16.2 Å². The molecule has 0 spiro atoms. The van der Waals surface area contributed by atoms with Crippen LogP contribution < -0.4 is 14.4 Å². The van der Waals surface area contributed by atoms with E-state index in [4.69, 9.17) is 4.74 Å². The van der Waals surface area contributed by atoms with Gasteiger partial charge in [0.05, 0.1) is 22.9 Å². The van der Waals surface area contributed by atoms with Gasteiger partial charge in [0.15, 0.2) is 0 Å². The highest BCUT2D eigenvalue weighted by Gasteiger charge is 2.36. The quantitative estimate of drug-likeness (QED) is 0.618. The second kappa shape index (κ2) is 8.43. The summed E-state index contributed by atoms with van der Waals surface area (Å²) in [5, 5.41) is 2.80. The minimum atomic E-state index is -3.83. The Morgan fingerprint density at radius 1 is 1.06 bits per heavy atom. The van der Waals surface area contributed by atoms with E-state index in [2.05, 4.69) is 5.32 Å². The lowest BCUT2D eigenvalue weighted by atomic mass is 10.1. The van der Waals surface area contributed by atoms with Crippen LogP contribution in [0.25, 0.3) is 0 Å². The maximum Gasteiger partial charge on any atom is 0.264 e. The largest absolute Gasteiger partial charge is 0.492 e. The minimum Gasteiger partial charge on any atom is -0.492 e. The van der Waals surface area contributed by atoms with E-state index in [0.717, 1.165) is 5.56 Å². The second-order valence-electron chi connectivity index (χ2n) is 7.39. The molecule has 0 unspecified atom stereocenters. The predicted octanol–water partition coefficient (Wildman–Crippen LogP) is 4.48. The minimum absolute atomic E-state index is 0.0999.